The number of benzene rings is 4. The fourth-order valence-corrected chi connectivity index (χ4v) is 5.87. The Kier molecular flexibility index (Phi) is 6.99. The van der Waals surface area contributed by atoms with Crippen LogP contribution in [0.15, 0.2) is 103 Å². The minimum absolute atomic E-state index is 0.00380. The number of fused-ring (bicyclic) bond motifs is 1. The molecule has 7 nitrogen and oxygen atoms in total. The molecular formula is C33H26N2O5S. The summed E-state index contributed by atoms with van der Waals surface area (Å²) in [6, 6.07) is 28.7. The maximum Gasteiger partial charge on any atom is 0.301 e. The Balaban J connectivity index is 1.47. The zero-order valence-electron chi connectivity index (χ0n) is 22.4. The van der Waals surface area contributed by atoms with Gasteiger partial charge in [-0.2, -0.15) is 0 Å². The molecule has 1 unspecified atom stereocenters. The van der Waals surface area contributed by atoms with E-state index in [0.29, 0.717) is 39.9 Å². The molecule has 0 aliphatic carbocycles. The third-order valence-electron chi connectivity index (χ3n) is 6.98. The van der Waals surface area contributed by atoms with Crippen molar-refractivity contribution in [1.82, 2.24) is 4.98 Å². The highest BCUT2D eigenvalue weighted by molar-refractivity contribution is 7.22. The Morgan fingerprint density at radius 1 is 0.927 bits per heavy atom. The first-order valence-corrected chi connectivity index (χ1v) is 13.8. The average molecular weight is 563 g/mol. The van der Waals surface area contributed by atoms with Crippen molar-refractivity contribution in [1.29, 1.82) is 0 Å². The van der Waals surface area contributed by atoms with Crippen LogP contribution in [-0.2, 0) is 16.2 Å². The summed E-state index contributed by atoms with van der Waals surface area (Å²) in [5.74, 6) is -0.546. The van der Waals surface area contributed by atoms with E-state index in [0.717, 1.165) is 15.8 Å². The van der Waals surface area contributed by atoms with Crippen LogP contribution in [0.1, 0.15) is 28.3 Å². The quantitative estimate of drug-likeness (QED) is 0.133. The SMILES string of the molecule is COc1ccc2nc(N3C(=O)C(=O)/C(=C(/O)c4ccc(C)cc4)C3c3cccc(OCc4ccccc4)c3)sc2c1. The van der Waals surface area contributed by atoms with Crippen LogP contribution in [0.25, 0.3) is 16.0 Å². The molecule has 41 heavy (non-hydrogen) atoms. The number of ketones is 1. The average Bonchev–Trinajstić information content (AvgIpc) is 3.54. The van der Waals surface area contributed by atoms with E-state index in [4.69, 9.17) is 9.47 Å². The molecule has 0 spiro atoms. The van der Waals surface area contributed by atoms with Crippen LogP contribution in [0.4, 0.5) is 5.13 Å². The van der Waals surface area contributed by atoms with Gasteiger partial charge >= 0.3 is 5.91 Å². The van der Waals surface area contributed by atoms with Gasteiger partial charge in [-0.1, -0.05) is 83.6 Å². The molecule has 4 aromatic carbocycles. The van der Waals surface area contributed by atoms with Crippen LogP contribution in [0, 0.1) is 6.92 Å². The molecule has 2 heterocycles. The number of hydrogen-bond donors (Lipinski definition) is 1. The highest BCUT2D eigenvalue weighted by Crippen LogP contribution is 2.45. The van der Waals surface area contributed by atoms with Gasteiger partial charge in [0.15, 0.2) is 5.13 Å². The molecule has 1 fully saturated rings. The fraction of sp³-hybridized carbons (Fsp3) is 0.121. The van der Waals surface area contributed by atoms with Crippen molar-refractivity contribution >= 4 is 44.1 Å². The molecule has 1 N–H and O–H groups in total. The third-order valence-corrected chi connectivity index (χ3v) is 8.00. The number of rotatable bonds is 7. The maximum absolute atomic E-state index is 13.6. The lowest BCUT2D eigenvalue weighted by atomic mass is 9.95. The van der Waals surface area contributed by atoms with Gasteiger partial charge in [0.25, 0.3) is 5.78 Å². The Hall–Kier alpha value is -4.95. The minimum Gasteiger partial charge on any atom is -0.507 e. The number of aryl methyl sites for hydroxylation is 1. The number of thiazole rings is 1. The number of anilines is 1. The lowest BCUT2D eigenvalue weighted by Crippen LogP contribution is -2.29. The van der Waals surface area contributed by atoms with Gasteiger partial charge in [0.1, 0.15) is 23.9 Å². The number of Topliss-reactive ketones (excluding diaryl/α,β-unsaturated/α-hetero) is 1. The van der Waals surface area contributed by atoms with Crippen molar-refractivity contribution in [3.05, 3.63) is 125 Å². The Morgan fingerprint density at radius 2 is 1.71 bits per heavy atom. The van der Waals surface area contributed by atoms with Crippen molar-refractivity contribution in [2.75, 3.05) is 12.0 Å². The predicted octanol–water partition coefficient (Wildman–Crippen LogP) is 6.82. The number of aliphatic hydroxyl groups is 1. The third kappa shape index (κ3) is 5.05. The monoisotopic (exact) mass is 562 g/mol. The van der Waals surface area contributed by atoms with Crippen molar-refractivity contribution in [3.63, 3.8) is 0 Å². The van der Waals surface area contributed by atoms with Crippen LogP contribution in [0.3, 0.4) is 0 Å². The molecule has 5 aromatic rings. The van der Waals surface area contributed by atoms with Gasteiger partial charge in [0.2, 0.25) is 0 Å². The second-order valence-corrected chi connectivity index (χ2v) is 10.7. The molecule has 0 radical (unpaired) electrons. The normalized spacial score (nSPS) is 16.3. The smallest absolute Gasteiger partial charge is 0.301 e. The number of nitrogens with zero attached hydrogens (tertiary/aromatic N) is 2. The van der Waals surface area contributed by atoms with Crippen LogP contribution in [0.5, 0.6) is 11.5 Å². The van der Waals surface area contributed by atoms with Crippen LogP contribution >= 0.6 is 11.3 Å². The molecule has 1 aliphatic rings. The number of aliphatic hydroxyl groups excluding tert-OH is 1. The molecule has 1 atom stereocenters. The summed E-state index contributed by atoms with van der Waals surface area (Å²) >= 11 is 1.28. The molecule has 6 rings (SSSR count). The largest absolute Gasteiger partial charge is 0.507 e. The van der Waals surface area contributed by atoms with Crippen LogP contribution < -0.4 is 14.4 Å². The molecule has 1 amide bonds. The van der Waals surface area contributed by atoms with Crippen molar-refractivity contribution < 1.29 is 24.2 Å². The number of carbonyl (C=O) groups is 2. The number of ether oxygens (including phenoxy) is 2. The maximum atomic E-state index is 13.6. The van der Waals surface area contributed by atoms with Crippen molar-refractivity contribution in [3.8, 4) is 11.5 Å². The van der Waals surface area contributed by atoms with E-state index in [1.165, 1.54) is 16.2 Å². The van der Waals surface area contributed by atoms with E-state index >= 15 is 0 Å². The minimum atomic E-state index is -0.918. The summed E-state index contributed by atoms with van der Waals surface area (Å²) in [5, 5.41) is 11.8. The number of hydrogen-bond acceptors (Lipinski definition) is 7. The summed E-state index contributed by atoms with van der Waals surface area (Å²) < 4.78 is 12.2. The number of aromatic nitrogens is 1. The molecule has 0 bridgehead atoms. The van der Waals surface area contributed by atoms with E-state index in [-0.39, 0.29) is 11.3 Å². The molecule has 1 saturated heterocycles. The number of methoxy groups -OCH3 is 1. The van der Waals surface area contributed by atoms with E-state index in [1.807, 2.05) is 79.7 Å². The van der Waals surface area contributed by atoms with Gasteiger partial charge in [-0.25, -0.2) is 4.98 Å². The Labute approximate surface area is 240 Å². The van der Waals surface area contributed by atoms with Gasteiger partial charge in [-0.3, -0.25) is 14.5 Å². The summed E-state index contributed by atoms with van der Waals surface area (Å²) in [6.07, 6.45) is 0. The lowest BCUT2D eigenvalue weighted by molar-refractivity contribution is -0.132. The van der Waals surface area contributed by atoms with Crippen molar-refractivity contribution in [2.24, 2.45) is 0 Å². The Bertz CT molecular complexity index is 1790. The molecule has 0 saturated carbocycles. The molecule has 1 aromatic heterocycles. The van der Waals surface area contributed by atoms with E-state index < -0.39 is 17.7 Å². The standard InChI is InChI=1S/C33H26N2O5S/c1-20-11-13-22(14-12-20)30(36)28-29(23-9-6-10-25(17-23)40-19-21-7-4-3-5-8-21)35(32(38)31(28)37)33-34-26-16-15-24(39-2)18-27(26)41-33/h3-18,29,36H,19H2,1-2H3/b30-28+. The first kappa shape index (κ1) is 26.3. The first-order chi connectivity index (χ1) is 19.9. The summed E-state index contributed by atoms with van der Waals surface area (Å²) in [4.78, 5) is 33.3. The van der Waals surface area contributed by atoms with Crippen LogP contribution in [-0.4, -0.2) is 28.9 Å². The van der Waals surface area contributed by atoms with Crippen LogP contribution in [0.2, 0.25) is 0 Å². The van der Waals surface area contributed by atoms with E-state index in [9.17, 15) is 14.7 Å². The van der Waals surface area contributed by atoms with Gasteiger partial charge in [-0.15, -0.1) is 0 Å². The summed E-state index contributed by atoms with van der Waals surface area (Å²) in [6.45, 7) is 2.29. The van der Waals surface area contributed by atoms with Gasteiger partial charge in [-0.05, 0) is 48.4 Å². The molecule has 1 aliphatic heterocycles. The second kappa shape index (κ2) is 10.9. The fourth-order valence-electron chi connectivity index (χ4n) is 4.85. The van der Waals surface area contributed by atoms with E-state index in [2.05, 4.69) is 4.98 Å². The van der Waals surface area contributed by atoms with Crippen molar-refractivity contribution in [2.45, 2.75) is 19.6 Å². The summed E-state index contributed by atoms with van der Waals surface area (Å²) in [7, 11) is 1.58. The van der Waals surface area contributed by atoms with Gasteiger partial charge in [0, 0.05) is 5.56 Å². The van der Waals surface area contributed by atoms with Gasteiger partial charge in [0.05, 0.1) is 28.9 Å². The van der Waals surface area contributed by atoms with E-state index in [1.54, 1.807) is 31.4 Å². The lowest BCUT2D eigenvalue weighted by Gasteiger charge is -2.23. The molecule has 204 valence electrons. The molecular weight excluding hydrogens is 536 g/mol. The zero-order valence-corrected chi connectivity index (χ0v) is 23.2. The summed E-state index contributed by atoms with van der Waals surface area (Å²) in [5.41, 5.74) is 3.74. The first-order valence-electron chi connectivity index (χ1n) is 13.0. The Morgan fingerprint density at radius 3 is 2.46 bits per heavy atom. The highest BCUT2D eigenvalue weighted by Gasteiger charge is 2.48. The second-order valence-electron chi connectivity index (χ2n) is 9.71. The predicted molar refractivity (Wildman–Crippen MR) is 159 cm³/mol. The van der Waals surface area contributed by atoms with Gasteiger partial charge < -0.3 is 14.6 Å². The highest BCUT2D eigenvalue weighted by atomic mass is 32.1. The number of amides is 1. The number of carbonyl (C=O) groups excluding carboxylic acids is 2. The topological polar surface area (TPSA) is 89.0 Å². The molecule has 8 heteroatoms. The zero-order chi connectivity index (χ0) is 28.5.